The van der Waals surface area contributed by atoms with Crippen LogP contribution >= 0.6 is 11.6 Å². The van der Waals surface area contributed by atoms with Gasteiger partial charge < -0.3 is 14.8 Å². The van der Waals surface area contributed by atoms with Crippen LogP contribution in [0, 0.1) is 0 Å². The summed E-state index contributed by atoms with van der Waals surface area (Å²) < 4.78 is 11.4. The number of para-hydroxylation sites is 1. The van der Waals surface area contributed by atoms with Gasteiger partial charge in [-0.15, -0.1) is 0 Å². The van der Waals surface area contributed by atoms with E-state index in [0.29, 0.717) is 36.1 Å². The number of rotatable bonds is 8. The van der Waals surface area contributed by atoms with Crippen LogP contribution in [-0.4, -0.2) is 12.5 Å². The first-order valence-corrected chi connectivity index (χ1v) is 9.50. The first kappa shape index (κ1) is 19.8. The monoisotopic (exact) mass is 395 g/mol. The van der Waals surface area contributed by atoms with Crippen molar-refractivity contribution in [3.05, 3.63) is 94.5 Å². The van der Waals surface area contributed by atoms with Crippen molar-refractivity contribution in [2.75, 3.05) is 6.61 Å². The molecule has 5 heteroatoms. The Bertz CT molecular complexity index is 942. The number of carbonyl (C=O) groups is 1. The Balaban J connectivity index is 1.62. The Morgan fingerprint density at radius 3 is 2.46 bits per heavy atom. The minimum absolute atomic E-state index is 0.172. The van der Waals surface area contributed by atoms with E-state index in [9.17, 15) is 4.79 Å². The molecule has 0 fully saturated rings. The molecule has 1 amide bonds. The number of ether oxygens (including phenoxy) is 2. The Morgan fingerprint density at radius 2 is 1.68 bits per heavy atom. The smallest absolute Gasteiger partial charge is 0.251 e. The van der Waals surface area contributed by atoms with Crippen molar-refractivity contribution in [1.82, 2.24) is 5.32 Å². The van der Waals surface area contributed by atoms with Crippen LogP contribution in [0.1, 0.15) is 28.4 Å². The summed E-state index contributed by atoms with van der Waals surface area (Å²) in [6.45, 7) is 3.24. The topological polar surface area (TPSA) is 47.6 Å². The molecular weight excluding hydrogens is 374 g/mol. The molecule has 0 heterocycles. The van der Waals surface area contributed by atoms with Gasteiger partial charge in [-0.1, -0.05) is 54.1 Å². The standard InChI is InChI=1S/C23H22ClNO3/c1-2-27-22-13-6-4-8-18(22)15-25-23(26)17-10-7-11-20(14-17)28-16-19-9-3-5-12-21(19)24/h3-14H,2,15-16H2,1H3,(H,25,26). The molecule has 0 saturated heterocycles. The van der Waals surface area contributed by atoms with Crippen molar-refractivity contribution in [2.24, 2.45) is 0 Å². The minimum Gasteiger partial charge on any atom is -0.494 e. The van der Waals surface area contributed by atoms with Gasteiger partial charge >= 0.3 is 0 Å². The lowest BCUT2D eigenvalue weighted by molar-refractivity contribution is 0.0950. The molecule has 0 saturated carbocycles. The molecule has 4 nitrogen and oxygen atoms in total. The summed E-state index contributed by atoms with van der Waals surface area (Å²) in [5, 5.41) is 3.59. The molecular formula is C23H22ClNO3. The van der Waals surface area contributed by atoms with Gasteiger partial charge in [0.25, 0.3) is 5.91 Å². The molecule has 0 radical (unpaired) electrons. The quantitative estimate of drug-likeness (QED) is 0.566. The molecule has 0 unspecified atom stereocenters. The average molecular weight is 396 g/mol. The first-order chi connectivity index (χ1) is 13.7. The fourth-order valence-corrected chi connectivity index (χ4v) is 2.92. The van der Waals surface area contributed by atoms with E-state index in [0.717, 1.165) is 16.9 Å². The highest BCUT2D eigenvalue weighted by Crippen LogP contribution is 2.20. The van der Waals surface area contributed by atoms with E-state index in [1.807, 2.05) is 61.5 Å². The molecule has 0 aliphatic heterocycles. The van der Waals surface area contributed by atoms with Crippen molar-refractivity contribution < 1.29 is 14.3 Å². The highest BCUT2D eigenvalue weighted by molar-refractivity contribution is 6.31. The third-order valence-electron chi connectivity index (χ3n) is 4.16. The largest absolute Gasteiger partial charge is 0.494 e. The zero-order chi connectivity index (χ0) is 19.8. The second kappa shape index (κ2) is 9.81. The van der Waals surface area contributed by atoms with Crippen molar-refractivity contribution in [3.63, 3.8) is 0 Å². The van der Waals surface area contributed by atoms with Crippen molar-refractivity contribution in [1.29, 1.82) is 0 Å². The molecule has 0 aliphatic carbocycles. The van der Waals surface area contributed by atoms with Crippen LogP contribution in [0.15, 0.2) is 72.8 Å². The van der Waals surface area contributed by atoms with Gasteiger partial charge in [0.05, 0.1) is 6.61 Å². The van der Waals surface area contributed by atoms with E-state index in [1.165, 1.54) is 0 Å². The average Bonchev–Trinajstić information content (AvgIpc) is 2.73. The number of hydrogen-bond donors (Lipinski definition) is 1. The number of benzene rings is 3. The van der Waals surface area contributed by atoms with E-state index in [2.05, 4.69) is 5.32 Å². The van der Waals surface area contributed by atoms with E-state index in [1.54, 1.807) is 18.2 Å². The van der Waals surface area contributed by atoms with Gasteiger partial charge in [-0.05, 0) is 37.3 Å². The van der Waals surface area contributed by atoms with Gasteiger partial charge in [0.2, 0.25) is 0 Å². The maximum atomic E-state index is 12.5. The Labute approximate surface area is 170 Å². The lowest BCUT2D eigenvalue weighted by Gasteiger charge is -2.12. The number of halogens is 1. The predicted octanol–water partition coefficient (Wildman–Crippen LogP) is 5.25. The second-order valence-electron chi connectivity index (χ2n) is 6.13. The maximum Gasteiger partial charge on any atom is 0.251 e. The minimum atomic E-state index is -0.172. The van der Waals surface area contributed by atoms with Crippen LogP contribution in [0.4, 0.5) is 0 Å². The maximum absolute atomic E-state index is 12.5. The fourth-order valence-electron chi connectivity index (χ4n) is 2.73. The Morgan fingerprint density at radius 1 is 0.929 bits per heavy atom. The molecule has 0 atom stereocenters. The van der Waals surface area contributed by atoms with Gasteiger partial charge in [-0.25, -0.2) is 0 Å². The molecule has 0 spiro atoms. The SMILES string of the molecule is CCOc1ccccc1CNC(=O)c1cccc(OCc2ccccc2Cl)c1. The van der Waals surface area contributed by atoms with Gasteiger partial charge in [-0.2, -0.15) is 0 Å². The van der Waals surface area contributed by atoms with Crippen molar-refractivity contribution >= 4 is 17.5 Å². The van der Waals surface area contributed by atoms with Gasteiger partial charge in [0, 0.05) is 28.3 Å². The molecule has 0 aliphatic rings. The third kappa shape index (κ3) is 5.27. The molecule has 1 N–H and O–H groups in total. The van der Waals surface area contributed by atoms with Crippen LogP contribution in [0.2, 0.25) is 5.02 Å². The first-order valence-electron chi connectivity index (χ1n) is 9.12. The molecule has 0 bridgehead atoms. The molecule has 0 aromatic heterocycles. The summed E-state index contributed by atoms with van der Waals surface area (Å²) in [4.78, 5) is 12.5. The van der Waals surface area contributed by atoms with Gasteiger partial charge in [0.15, 0.2) is 0 Å². The van der Waals surface area contributed by atoms with Crippen molar-refractivity contribution in [2.45, 2.75) is 20.1 Å². The second-order valence-corrected chi connectivity index (χ2v) is 6.54. The van der Waals surface area contributed by atoms with Crippen LogP contribution in [-0.2, 0) is 13.2 Å². The zero-order valence-corrected chi connectivity index (χ0v) is 16.4. The highest BCUT2D eigenvalue weighted by Gasteiger charge is 2.09. The molecule has 3 aromatic carbocycles. The van der Waals surface area contributed by atoms with Gasteiger partial charge in [0.1, 0.15) is 18.1 Å². The lowest BCUT2D eigenvalue weighted by atomic mass is 10.1. The number of hydrogen-bond acceptors (Lipinski definition) is 3. The van der Waals surface area contributed by atoms with Crippen LogP contribution in [0.3, 0.4) is 0 Å². The Hall–Kier alpha value is -2.98. The van der Waals surface area contributed by atoms with Crippen molar-refractivity contribution in [3.8, 4) is 11.5 Å². The Kier molecular flexibility index (Phi) is 6.93. The molecule has 28 heavy (non-hydrogen) atoms. The van der Waals surface area contributed by atoms with E-state index in [-0.39, 0.29) is 5.91 Å². The highest BCUT2D eigenvalue weighted by atomic mass is 35.5. The fraction of sp³-hybridized carbons (Fsp3) is 0.174. The van der Waals surface area contributed by atoms with E-state index < -0.39 is 0 Å². The summed E-state index contributed by atoms with van der Waals surface area (Å²) in [6, 6.07) is 22.3. The molecule has 3 rings (SSSR count). The van der Waals surface area contributed by atoms with Crippen LogP contribution in [0.5, 0.6) is 11.5 Å². The van der Waals surface area contributed by atoms with Gasteiger partial charge in [-0.3, -0.25) is 4.79 Å². The molecule has 3 aromatic rings. The molecule has 144 valence electrons. The number of amides is 1. The summed E-state index contributed by atoms with van der Waals surface area (Å²) in [6.07, 6.45) is 0. The number of carbonyl (C=O) groups excluding carboxylic acids is 1. The normalized spacial score (nSPS) is 10.4. The zero-order valence-electron chi connectivity index (χ0n) is 15.7. The van der Waals surface area contributed by atoms with Crippen LogP contribution in [0.25, 0.3) is 0 Å². The van der Waals surface area contributed by atoms with Crippen LogP contribution < -0.4 is 14.8 Å². The van der Waals surface area contributed by atoms with E-state index in [4.69, 9.17) is 21.1 Å². The summed E-state index contributed by atoms with van der Waals surface area (Å²) in [5.41, 5.74) is 2.36. The van der Waals surface area contributed by atoms with E-state index >= 15 is 0 Å². The third-order valence-corrected chi connectivity index (χ3v) is 4.53. The lowest BCUT2D eigenvalue weighted by Crippen LogP contribution is -2.23. The summed E-state index contributed by atoms with van der Waals surface area (Å²) in [5.74, 6) is 1.22. The number of nitrogens with one attached hydrogen (secondary N) is 1. The summed E-state index contributed by atoms with van der Waals surface area (Å²) in [7, 11) is 0. The predicted molar refractivity (Wildman–Crippen MR) is 111 cm³/mol. The summed E-state index contributed by atoms with van der Waals surface area (Å²) >= 11 is 6.15.